The lowest BCUT2D eigenvalue weighted by atomic mass is 9.84. The molecule has 0 aliphatic heterocycles. The lowest BCUT2D eigenvalue weighted by Gasteiger charge is -2.28. The zero-order chi connectivity index (χ0) is 16.9. The number of aliphatic hydroxyl groups is 1. The molecular formula is C16H24ClFN2O2. The molecule has 0 fully saturated rings. The zero-order valence-corrected chi connectivity index (χ0v) is 14.2. The molecule has 1 aromatic carbocycles. The highest BCUT2D eigenvalue weighted by Crippen LogP contribution is 2.29. The molecule has 0 aliphatic carbocycles. The second kappa shape index (κ2) is 7.79. The van der Waals surface area contributed by atoms with Crippen LogP contribution < -0.4 is 5.32 Å². The lowest BCUT2D eigenvalue weighted by molar-refractivity contribution is 0.163. The van der Waals surface area contributed by atoms with Gasteiger partial charge in [-0.1, -0.05) is 31.5 Å². The van der Waals surface area contributed by atoms with Crippen molar-refractivity contribution in [2.24, 2.45) is 0 Å². The van der Waals surface area contributed by atoms with Crippen LogP contribution in [-0.2, 0) is 5.41 Å². The van der Waals surface area contributed by atoms with E-state index in [1.54, 1.807) is 20.0 Å². The molecule has 0 radical (unpaired) electrons. The van der Waals surface area contributed by atoms with E-state index >= 15 is 0 Å². The molecule has 1 atom stereocenters. The summed E-state index contributed by atoms with van der Waals surface area (Å²) in [6.07, 6.45) is 0.0848. The van der Waals surface area contributed by atoms with Crippen molar-refractivity contribution in [3.63, 3.8) is 0 Å². The van der Waals surface area contributed by atoms with Gasteiger partial charge in [0.05, 0.1) is 6.10 Å². The normalized spacial score (nSPS) is 12.9. The second-order valence-corrected chi connectivity index (χ2v) is 6.63. The van der Waals surface area contributed by atoms with Gasteiger partial charge in [0.25, 0.3) is 0 Å². The van der Waals surface area contributed by atoms with Crippen LogP contribution in [0.15, 0.2) is 18.2 Å². The molecule has 22 heavy (non-hydrogen) atoms. The molecule has 1 aromatic rings. The molecule has 0 saturated heterocycles. The molecule has 124 valence electrons. The number of carbonyl (C=O) groups excluding carboxylic acids is 1. The number of halogens is 2. The largest absolute Gasteiger partial charge is 0.393 e. The first kappa shape index (κ1) is 18.7. The third-order valence-corrected chi connectivity index (χ3v) is 3.88. The Kier molecular flexibility index (Phi) is 6.63. The van der Waals surface area contributed by atoms with Crippen LogP contribution in [0.25, 0.3) is 0 Å². The molecule has 0 saturated carbocycles. The summed E-state index contributed by atoms with van der Waals surface area (Å²) in [6.45, 7) is 6.40. The molecular weight excluding hydrogens is 307 g/mol. The Morgan fingerprint density at radius 3 is 2.68 bits per heavy atom. The first-order valence-corrected chi connectivity index (χ1v) is 7.64. The number of aliphatic hydroxyl groups excluding tert-OH is 1. The number of carbonyl (C=O) groups is 1. The molecule has 1 unspecified atom stereocenters. The van der Waals surface area contributed by atoms with Gasteiger partial charge in [-0.25, -0.2) is 9.18 Å². The highest BCUT2D eigenvalue weighted by atomic mass is 35.5. The number of nitrogens with one attached hydrogen (secondary N) is 1. The van der Waals surface area contributed by atoms with Crippen molar-refractivity contribution >= 4 is 17.6 Å². The predicted molar refractivity (Wildman–Crippen MR) is 86.8 cm³/mol. The smallest absolute Gasteiger partial charge is 0.317 e. The van der Waals surface area contributed by atoms with Gasteiger partial charge in [-0.15, -0.1) is 0 Å². The fourth-order valence-corrected chi connectivity index (χ4v) is 2.47. The minimum Gasteiger partial charge on any atom is -0.393 e. The van der Waals surface area contributed by atoms with Gasteiger partial charge in [0, 0.05) is 30.6 Å². The summed E-state index contributed by atoms with van der Waals surface area (Å²) in [5.41, 5.74) is 0.355. The van der Waals surface area contributed by atoms with Crippen LogP contribution in [0.4, 0.5) is 9.18 Å². The maximum Gasteiger partial charge on any atom is 0.317 e. The van der Waals surface area contributed by atoms with E-state index < -0.39 is 11.5 Å². The highest BCUT2D eigenvalue weighted by molar-refractivity contribution is 6.31. The van der Waals surface area contributed by atoms with Crippen molar-refractivity contribution in [3.05, 3.63) is 34.6 Å². The fraction of sp³-hybridized carbons (Fsp3) is 0.562. The SMILES string of the molecule is CC(O)CCN(C)C(=O)NCC(C)(C)c1ccc(F)cc1Cl. The standard InChI is InChI=1S/C16H24ClFN2O2/c1-11(21)7-8-20(4)15(22)19-10-16(2,3)13-6-5-12(18)9-14(13)17/h5-6,9,11,21H,7-8,10H2,1-4H3,(H,19,22). The molecule has 1 rings (SSSR count). The van der Waals surface area contributed by atoms with E-state index in [2.05, 4.69) is 5.32 Å². The quantitative estimate of drug-likeness (QED) is 0.841. The minimum atomic E-state index is -0.440. The first-order valence-electron chi connectivity index (χ1n) is 7.26. The van der Waals surface area contributed by atoms with Crippen LogP contribution in [0.2, 0.25) is 5.02 Å². The van der Waals surface area contributed by atoms with E-state index in [9.17, 15) is 14.3 Å². The number of nitrogens with zero attached hydrogens (tertiary/aromatic N) is 1. The van der Waals surface area contributed by atoms with Crippen LogP contribution in [0.1, 0.15) is 32.8 Å². The van der Waals surface area contributed by atoms with E-state index in [4.69, 9.17) is 11.6 Å². The average Bonchev–Trinajstić information content (AvgIpc) is 2.41. The van der Waals surface area contributed by atoms with Crippen molar-refractivity contribution in [2.45, 2.75) is 38.7 Å². The minimum absolute atomic E-state index is 0.216. The van der Waals surface area contributed by atoms with E-state index in [-0.39, 0.29) is 11.8 Å². The molecule has 2 amide bonds. The van der Waals surface area contributed by atoms with Crippen LogP contribution in [0.3, 0.4) is 0 Å². The summed E-state index contributed by atoms with van der Waals surface area (Å²) in [6, 6.07) is 4.06. The van der Waals surface area contributed by atoms with Crippen molar-refractivity contribution in [1.29, 1.82) is 0 Å². The van der Waals surface area contributed by atoms with Crippen LogP contribution in [-0.4, -0.2) is 42.3 Å². The summed E-state index contributed by atoms with van der Waals surface area (Å²) in [4.78, 5) is 13.5. The number of amides is 2. The Hall–Kier alpha value is -1.33. The van der Waals surface area contributed by atoms with Crippen molar-refractivity contribution in [1.82, 2.24) is 10.2 Å². The Morgan fingerprint density at radius 2 is 2.14 bits per heavy atom. The van der Waals surface area contributed by atoms with Gasteiger partial charge >= 0.3 is 6.03 Å². The van der Waals surface area contributed by atoms with Crippen LogP contribution in [0.5, 0.6) is 0 Å². The van der Waals surface area contributed by atoms with Crippen LogP contribution in [0, 0.1) is 5.82 Å². The van der Waals surface area contributed by atoms with Gasteiger partial charge in [0.1, 0.15) is 5.82 Å². The molecule has 0 heterocycles. The predicted octanol–water partition coefficient (Wildman–Crippen LogP) is 3.17. The Balaban J connectivity index is 2.63. The maximum atomic E-state index is 13.1. The van der Waals surface area contributed by atoms with E-state index in [0.717, 1.165) is 5.56 Å². The molecule has 2 N–H and O–H groups in total. The van der Waals surface area contributed by atoms with Gasteiger partial charge in [-0.3, -0.25) is 0 Å². The topological polar surface area (TPSA) is 52.6 Å². The number of hydrogen-bond acceptors (Lipinski definition) is 2. The van der Waals surface area contributed by atoms with E-state index in [1.165, 1.54) is 17.0 Å². The number of hydrogen-bond donors (Lipinski definition) is 2. The lowest BCUT2D eigenvalue weighted by Crippen LogP contribution is -2.43. The highest BCUT2D eigenvalue weighted by Gasteiger charge is 2.25. The van der Waals surface area contributed by atoms with Crippen molar-refractivity contribution in [3.8, 4) is 0 Å². The van der Waals surface area contributed by atoms with Crippen molar-refractivity contribution in [2.75, 3.05) is 20.1 Å². The first-order chi connectivity index (χ1) is 10.1. The third kappa shape index (κ3) is 5.46. The Bertz CT molecular complexity index is 521. The zero-order valence-electron chi connectivity index (χ0n) is 13.5. The Labute approximate surface area is 136 Å². The van der Waals surface area contributed by atoms with Gasteiger partial charge in [-0.2, -0.15) is 0 Å². The third-order valence-electron chi connectivity index (χ3n) is 3.57. The van der Waals surface area contributed by atoms with Crippen molar-refractivity contribution < 1.29 is 14.3 Å². The molecule has 6 heteroatoms. The molecule has 0 aliphatic rings. The maximum absolute atomic E-state index is 13.1. The van der Waals surface area contributed by atoms with E-state index in [0.29, 0.717) is 24.5 Å². The molecule has 0 spiro atoms. The molecule has 0 bridgehead atoms. The summed E-state index contributed by atoms with van der Waals surface area (Å²) < 4.78 is 13.1. The van der Waals surface area contributed by atoms with Gasteiger partial charge in [0.15, 0.2) is 0 Å². The van der Waals surface area contributed by atoms with E-state index in [1.807, 2.05) is 13.8 Å². The number of benzene rings is 1. The van der Waals surface area contributed by atoms with Gasteiger partial charge < -0.3 is 15.3 Å². The van der Waals surface area contributed by atoms with Gasteiger partial charge in [-0.05, 0) is 31.0 Å². The summed E-state index contributed by atoms with van der Waals surface area (Å²) in [5, 5.41) is 12.4. The average molecular weight is 331 g/mol. The van der Waals surface area contributed by atoms with Gasteiger partial charge in [0.2, 0.25) is 0 Å². The fourth-order valence-electron chi connectivity index (χ4n) is 2.05. The Morgan fingerprint density at radius 1 is 1.50 bits per heavy atom. The number of urea groups is 1. The second-order valence-electron chi connectivity index (χ2n) is 6.23. The summed E-state index contributed by atoms with van der Waals surface area (Å²) in [7, 11) is 1.68. The molecule has 4 nitrogen and oxygen atoms in total. The molecule has 0 aromatic heterocycles. The van der Waals surface area contributed by atoms with Crippen LogP contribution >= 0.6 is 11.6 Å². The number of rotatable bonds is 6. The summed E-state index contributed by atoms with van der Waals surface area (Å²) >= 11 is 6.09. The monoisotopic (exact) mass is 330 g/mol. The summed E-state index contributed by atoms with van der Waals surface area (Å²) in [5.74, 6) is -0.383.